The molecule has 6 aromatic rings. The first kappa shape index (κ1) is 44.0. The number of ketones is 1. The number of hydrogen-bond donors (Lipinski definition) is 2. The third-order valence-electron chi connectivity index (χ3n) is 10.5. The first-order valence-corrected chi connectivity index (χ1v) is 20.3. The highest BCUT2D eigenvalue weighted by atomic mass is 16.5. The van der Waals surface area contributed by atoms with Gasteiger partial charge in [0.1, 0.15) is 31.3 Å². The number of aliphatic hydroxyl groups excluding tert-OH is 2. The summed E-state index contributed by atoms with van der Waals surface area (Å²) in [5, 5.41) is 18.2. The largest absolute Gasteiger partial charge is 0.492 e. The molecule has 4 heterocycles. The SMILES string of the molecule is CO.COC(=O)c1ccc2ccn(CCOc3cccc(CN4CCOCC4)c3)c2c1.O=C(CO)c1ccc2ccn(CCOc3cccc(CN4CCOCC4)c3)c2c1. The number of carbonyl (C=O) groups is 2. The van der Waals surface area contributed by atoms with E-state index >= 15 is 0 Å². The van der Waals surface area contributed by atoms with Crippen molar-refractivity contribution in [1.82, 2.24) is 18.9 Å². The van der Waals surface area contributed by atoms with Crippen LogP contribution in [-0.4, -0.2) is 128 Å². The van der Waals surface area contributed by atoms with Gasteiger partial charge in [-0.1, -0.05) is 42.5 Å². The molecule has 0 saturated carbocycles. The van der Waals surface area contributed by atoms with E-state index in [4.69, 9.17) is 33.9 Å². The fourth-order valence-corrected chi connectivity index (χ4v) is 7.29. The quantitative estimate of drug-likeness (QED) is 0.0980. The van der Waals surface area contributed by atoms with E-state index in [1.54, 1.807) is 12.1 Å². The van der Waals surface area contributed by atoms with Crippen LogP contribution in [0, 0.1) is 0 Å². The van der Waals surface area contributed by atoms with E-state index in [9.17, 15) is 9.59 Å². The van der Waals surface area contributed by atoms with Crippen LogP contribution in [0.25, 0.3) is 21.8 Å². The number of morpholine rings is 2. The molecular formula is C47H56N4O9. The van der Waals surface area contributed by atoms with Crippen molar-refractivity contribution in [3.8, 4) is 11.5 Å². The molecule has 318 valence electrons. The molecule has 8 rings (SSSR count). The van der Waals surface area contributed by atoms with E-state index in [-0.39, 0.29) is 11.8 Å². The standard InChI is InChI=1S/2C23H26N2O4.CH4O/c1-27-23(26)20-6-5-19-7-8-25(22(19)16-20)11-14-29-21-4-2-3-18(15-21)17-24-9-12-28-13-10-24;26-17-23(27)20-5-4-19-6-7-25(22(19)15-20)10-13-29-21-3-1-2-18(14-21)16-24-8-11-28-12-9-24;1-2/h2-8,15-16H,9-14,17H2,1H3;1-7,14-15,26H,8-13,16-17H2;2H,1H3. The molecule has 2 aliphatic heterocycles. The predicted octanol–water partition coefficient (Wildman–Crippen LogP) is 5.68. The van der Waals surface area contributed by atoms with Gasteiger partial charge >= 0.3 is 5.97 Å². The number of benzene rings is 4. The van der Waals surface area contributed by atoms with E-state index in [1.165, 1.54) is 18.2 Å². The Labute approximate surface area is 351 Å². The van der Waals surface area contributed by atoms with Crippen LogP contribution in [0.2, 0.25) is 0 Å². The highest BCUT2D eigenvalue weighted by Gasteiger charge is 2.14. The summed E-state index contributed by atoms with van der Waals surface area (Å²) in [7, 11) is 2.40. The van der Waals surface area contributed by atoms with Crippen LogP contribution >= 0.6 is 0 Å². The van der Waals surface area contributed by atoms with E-state index in [1.807, 2.05) is 73.1 Å². The molecule has 0 unspecified atom stereocenters. The minimum atomic E-state index is -0.476. The predicted molar refractivity (Wildman–Crippen MR) is 231 cm³/mol. The van der Waals surface area contributed by atoms with Crippen LogP contribution in [0.5, 0.6) is 11.5 Å². The molecule has 4 aromatic carbocycles. The van der Waals surface area contributed by atoms with Gasteiger partial charge in [-0.3, -0.25) is 14.6 Å². The molecular weight excluding hydrogens is 765 g/mol. The van der Waals surface area contributed by atoms with Crippen molar-refractivity contribution in [2.24, 2.45) is 0 Å². The summed E-state index contributed by atoms with van der Waals surface area (Å²) >= 11 is 0. The summed E-state index contributed by atoms with van der Waals surface area (Å²) in [5.41, 5.74) is 5.53. The fourth-order valence-electron chi connectivity index (χ4n) is 7.29. The molecule has 0 bridgehead atoms. The molecule has 2 aromatic heterocycles. The molecule has 0 aliphatic carbocycles. The number of nitrogens with zero attached hydrogens (tertiary/aromatic N) is 4. The highest BCUT2D eigenvalue weighted by Crippen LogP contribution is 2.22. The summed E-state index contributed by atoms with van der Waals surface area (Å²) in [6, 6.07) is 31.7. The Morgan fingerprint density at radius 2 is 1.08 bits per heavy atom. The Kier molecular flexibility index (Phi) is 16.7. The van der Waals surface area contributed by atoms with Gasteiger partial charge in [-0.15, -0.1) is 0 Å². The van der Waals surface area contributed by atoms with Crippen molar-refractivity contribution >= 4 is 33.6 Å². The number of methoxy groups -OCH3 is 1. The number of aromatic nitrogens is 2. The average molecular weight is 821 g/mol. The van der Waals surface area contributed by atoms with Gasteiger partial charge in [0.25, 0.3) is 0 Å². The zero-order valence-corrected chi connectivity index (χ0v) is 34.5. The number of carbonyl (C=O) groups excluding carboxylic acids is 2. The van der Waals surface area contributed by atoms with Gasteiger partial charge in [-0.05, 0) is 76.5 Å². The number of ether oxygens (including phenoxy) is 5. The second kappa shape index (κ2) is 22.7. The van der Waals surface area contributed by atoms with Gasteiger partial charge < -0.3 is 43.0 Å². The number of hydrogen-bond acceptors (Lipinski definition) is 11. The van der Waals surface area contributed by atoms with Crippen molar-refractivity contribution in [3.05, 3.63) is 132 Å². The first-order chi connectivity index (χ1) is 29.4. The van der Waals surface area contributed by atoms with Crippen molar-refractivity contribution in [3.63, 3.8) is 0 Å². The number of aliphatic hydroxyl groups is 2. The molecule has 0 spiro atoms. The van der Waals surface area contributed by atoms with Crippen molar-refractivity contribution in [2.45, 2.75) is 26.2 Å². The lowest BCUT2D eigenvalue weighted by Crippen LogP contribution is -2.35. The Morgan fingerprint density at radius 1 is 0.617 bits per heavy atom. The molecule has 2 saturated heterocycles. The molecule has 60 heavy (non-hydrogen) atoms. The van der Waals surface area contributed by atoms with Gasteiger partial charge in [0.2, 0.25) is 0 Å². The molecule has 0 amide bonds. The first-order valence-electron chi connectivity index (χ1n) is 20.3. The third kappa shape index (κ3) is 12.3. The summed E-state index contributed by atoms with van der Waals surface area (Å²) in [4.78, 5) is 28.4. The third-order valence-corrected chi connectivity index (χ3v) is 10.5. The monoisotopic (exact) mass is 820 g/mol. The van der Waals surface area contributed by atoms with Crippen LogP contribution < -0.4 is 9.47 Å². The van der Waals surface area contributed by atoms with Gasteiger partial charge in [-0.2, -0.15) is 0 Å². The lowest BCUT2D eigenvalue weighted by atomic mass is 10.1. The Morgan fingerprint density at radius 3 is 1.55 bits per heavy atom. The van der Waals surface area contributed by atoms with Gasteiger partial charge in [0, 0.05) is 75.4 Å². The molecule has 13 heteroatoms. The maximum absolute atomic E-state index is 11.8. The maximum Gasteiger partial charge on any atom is 0.337 e. The number of rotatable bonds is 15. The average Bonchev–Trinajstić information content (AvgIpc) is 3.90. The summed E-state index contributed by atoms with van der Waals surface area (Å²) < 4.78 is 31.8. The Balaban J connectivity index is 0.000000193. The Bertz CT molecular complexity index is 2110. The van der Waals surface area contributed by atoms with Crippen LogP contribution in [0.4, 0.5) is 0 Å². The molecule has 2 fully saturated rings. The van der Waals surface area contributed by atoms with E-state index in [0.29, 0.717) is 37.4 Å². The fraction of sp³-hybridized carbons (Fsp3) is 0.362. The van der Waals surface area contributed by atoms with Crippen LogP contribution in [0.3, 0.4) is 0 Å². The lowest BCUT2D eigenvalue weighted by molar-refractivity contribution is 0.0341. The minimum Gasteiger partial charge on any atom is -0.492 e. The van der Waals surface area contributed by atoms with E-state index < -0.39 is 6.61 Å². The van der Waals surface area contributed by atoms with Gasteiger partial charge in [0.05, 0.1) is 52.2 Å². The second-order valence-corrected chi connectivity index (χ2v) is 14.4. The van der Waals surface area contributed by atoms with Crippen molar-refractivity contribution in [1.29, 1.82) is 0 Å². The molecule has 2 aliphatic rings. The summed E-state index contributed by atoms with van der Waals surface area (Å²) in [6.45, 7) is 10.9. The topological polar surface area (TPSA) is 137 Å². The molecule has 13 nitrogen and oxygen atoms in total. The van der Waals surface area contributed by atoms with Crippen LogP contribution in [0.1, 0.15) is 31.8 Å². The number of Topliss-reactive ketones (excluding diaryl/α,β-unsaturated/α-hetero) is 1. The Hall–Kier alpha value is -5.54. The molecule has 0 atom stereocenters. The highest BCUT2D eigenvalue weighted by molar-refractivity contribution is 6.00. The van der Waals surface area contributed by atoms with E-state index in [2.05, 4.69) is 43.2 Å². The lowest BCUT2D eigenvalue weighted by Gasteiger charge is -2.26. The summed E-state index contributed by atoms with van der Waals surface area (Å²) in [5.74, 6) is 1.15. The molecule has 2 N–H and O–H groups in total. The number of fused-ring (bicyclic) bond motifs is 2. The minimum absolute atomic E-state index is 0.270. The maximum atomic E-state index is 11.8. The second-order valence-electron chi connectivity index (χ2n) is 14.4. The van der Waals surface area contributed by atoms with Crippen molar-refractivity contribution < 1.29 is 43.5 Å². The van der Waals surface area contributed by atoms with Crippen LogP contribution in [0.15, 0.2) is 109 Å². The zero-order chi connectivity index (χ0) is 42.1. The van der Waals surface area contributed by atoms with Crippen molar-refractivity contribution in [2.75, 3.05) is 86.6 Å². The van der Waals surface area contributed by atoms with E-state index in [0.717, 1.165) is 106 Å². The number of esters is 1. The van der Waals surface area contributed by atoms with Gasteiger partial charge in [0.15, 0.2) is 5.78 Å². The normalized spacial score (nSPS) is 14.5. The zero-order valence-electron chi connectivity index (χ0n) is 34.5. The summed E-state index contributed by atoms with van der Waals surface area (Å²) in [6.07, 6.45) is 4.01. The smallest absolute Gasteiger partial charge is 0.337 e. The van der Waals surface area contributed by atoms with Crippen LogP contribution in [-0.2, 0) is 40.4 Å². The molecule has 0 radical (unpaired) electrons. The van der Waals surface area contributed by atoms with Gasteiger partial charge in [-0.25, -0.2) is 4.79 Å².